The van der Waals surface area contributed by atoms with Crippen LogP contribution >= 0.6 is 0 Å². The van der Waals surface area contributed by atoms with E-state index in [1.165, 1.54) is 11.1 Å². The minimum atomic E-state index is 0.0655. The van der Waals surface area contributed by atoms with Gasteiger partial charge in [-0.2, -0.15) is 0 Å². The van der Waals surface area contributed by atoms with Gasteiger partial charge >= 0.3 is 0 Å². The molecule has 3 aromatic rings. The summed E-state index contributed by atoms with van der Waals surface area (Å²) in [5.41, 5.74) is 4.12. The summed E-state index contributed by atoms with van der Waals surface area (Å²) in [7, 11) is 0. The Morgan fingerprint density at radius 1 is 1.13 bits per heavy atom. The largest absolute Gasteiger partial charge is 0.419 e. The monoisotopic (exact) mass is 404 g/mol. The zero-order valence-corrected chi connectivity index (χ0v) is 17.0. The number of aromatic nitrogens is 4. The number of hydrogen-bond acceptors (Lipinski definition) is 7. The fourth-order valence-electron chi connectivity index (χ4n) is 4.17. The van der Waals surface area contributed by atoms with Crippen LogP contribution in [0.1, 0.15) is 35.1 Å². The summed E-state index contributed by atoms with van der Waals surface area (Å²) in [6.07, 6.45) is 5.14. The van der Waals surface area contributed by atoms with Gasteiger partial charge in [-0.05, 0) is 30.9 Å². The highest BCUT2D eigenvalue weighted by atomic mass is 16.4. The van der Waals surface area contributed by atoms with Crippen molar-refractivity contribution in [3.05, 3.63) is 59.4 Å². The molecule has 0 N–H and O–H groups in total. The minimum absolute atomic E-state index is 0.0655. The van der Waals surface area contributed by atoms with Gasteiger partial charge in [0.25, 0.3) is 5.89 Å². The van der Waals surface area contributed by atoms with Gasteiger partial charge in [-0.15, -0.1) is 10.2 Å². The lowest BCUT2D eigenvalue weighted by atomic mass is 10.00. The van der Waals surface area contributed by atoms with Crippen molar-refractivity contribution in [2.75, 3.05) is 26.2 Å². The summed E-state index contributed by atoms with van der Waals surface area (Å²) in [6, 6.07) is 8.48. The van der Waals surface area contributed by atoms with E-state index in [4.69, 9.17) is 4.42 Å². The topological polar surface area (TPSA) is 88.3 Å². The second-order valence-electron chi connectivity index (χ2n) is 8.04. The van der Waals surface area contributed by atoms with Crippen LogP contribution in [0.2, 0.25) is 0 Å². The lowest BCUT2D eigenvalue weighted by Crippen LogP contribution is -2.41. The molecule has 8 nitrogen and oxygen atoms in total. The van der Waals surface area contributed by atoms with Crippen molar-refractivity contribution in [3.63, 3.8) is 0 Å². The number of carbonyl (C=O) groups excluding carboxylic acids is 1. The zero-order chi connectivity index (χ0) is 20.5. The Balaban J connectivity index is 1.19. The van der Waals surface area contributed by atoms with Crippen molar-refractivity contribution in [2.24, 2.45) is 0 Å². The lowest BCUT2D eigenvalue weighted by molar-refractivity contribution is -0.131. The van der Waals surface area contributed by atoms with Crippen molar-refractivity contribution >= 4 is 5.91 Å². The third-order valence-electron chi connectivity index (χ3n) is 5.90. The van der Waals surface area contributed by atoms with E-state index >= 15 is 0 Å². The fourth-order valence-corrected chi connectivity index (χ4v) is 4.17. The molecule has 1 saturated heterocycles. The molecule has 8 heteroatoms. The Morgan fingerprint density at radius 2 is 2.00 bits per heavy atom. The van der Waals surface area contributed by atoms with Gasteiger partial charge in [0, 0.05) is 32.4 Å². The summed E-state index contributed by atoms with van der Waals surface area (Å²) in [5.74, 6) is 1.17. The molecule has 0 radical (unpaired) electrons. The number of nitrogens with zero attached hydrogens (tertiary/aromatic N) is 6. The van der Waals surface area contributed by atoms with Gasteiger partial charge in [-0.1, -0.05) is 24.3 Å². The molecule has 0 aliphatic carbocycles. The molecule has 0 bridgehead atoms. The molecule has 1 amide bonds. The molecule has 0 saturated carbocycles. The van der Waals surface area contributed by atoms with Crippen molar-refractivity contribution in [3.8, 4) is 11.6 Å². The summed E-state index contributed by atoms with van der Waals surface area (Å²) >= 11 is 0. The average molecular weight is 404 g/mol. The molecule has 1 aromatic carbocycles. The van der Waals surface area contributed by atoms with Crippen LogP contribution in [0.5, 0.6) is 0 Å². The van der Waals surface area contributed by atoms with E-state index in [0.29, 0.717) is 30.6 Å². The fraction of sp³-hybridized carbons (Fsp3) is 0.409. The normalized spacial score (nSPS) is 19.1. The molecule has 2 aromatic heterocycles. The Bertz CT molecular complexity index is 1050. The van der Waals surface area contributed by atoms with Crippen LogP contribution in [0, 0.1) is 6.92 Å². The first-order chi connectivity index (χ1) is 14.7. The maximum Gasteiger partial charge on any atom is 0.267 e. The number of hydrogen-bond donors (Lipinski definition) is 0. The highest BCUT2D eigenvalue weighted by Gasteiger charge is 2.32. The second-order valence-corrected chi connectivity index (χ2v) is 8.04. The first-order valence-electron chi connectivity index (χ1n) is 10.3. The van der Waals surface area contributed by atoms with E-state index in [-0.39, 0.29) is 11.8 Å². The Kier molecular flexibility index (Phi) is 5.00. The quantitative estimate of drug-likeness (QED) is 0.659. The smallest absolute Gasteiger partial charge is 0.267 e. The molecule has 1 unspecified atom stereocenters. The standard InChI is InChI=1S/C22H24N6O2/c1-15-10-24-19(11-23-15)22-26-25-21(30-22)18-7-9-28(13-18)20(29)14-27-8-6-16-4-2-3-5-17(16)12-27/h2-5,10-11,18H,6-9,12-14H2,1H3. The van der Waals surface area contributed by atoms with Crippen LogP contribution in [0.4, 0.5) is 0 Å². The van der Waals surface area contributed by atoms with E-state index in [9.17, 15) is 4.79 Å². The molecule has 154 valence electrons. The van der Waals surface area contributed by atoms with Crippen molar-refractivity contribution in [1.82, 2.24) is 30.0 Å². The number of likely N-dealkylation sites (tertiary alicyclic amines) is 1. The summed E-state index contributed by atoms with van der Waals surface area (Å²) in [6.45, 7) is 5.42. The van der Waals surface area contributed by atoms with E-state index in [1.54, 1.807) is 12.4 Å². The van der Waals surface area contributed by atoms with Crippen molar-refractivity contribution in [1.29, 1.82) is 0 Å². The van der Waals surface area contributed by atoms with E-state index in [2.05, 4.69) is 49.3 Å². The van der Waals surface area contributed by atoms with Gasteiger partial charge in [-0.3, -0.25) is 14.7 Å². The van der Waals surface area contributed by atoms with Crippen LogP contribution in [-0.4, -0.2) is 62.1 Å². The molecule has 2 aliphatic heterocycles. The molecule has 1 atom stereocenters. The van der Waals surface area contributed by atoms with Crippen molar-refractivity contribution in [2.45, 2.75) is 32.2 Å². The van der Waals surface area contributed by atoms with Crippen LogP contribution in [0.15, 0.2) is 41.1 Å². The molecule has 4 heterocycles. The van der Waals surface area contributed by atoms with Crippen LogP contribution in [-0.2, 0) is 17.8 Å². The Hall–Kier alpha value is -3.13. The number of benzene rings is 1. The van der Waals surface area contributed by atoms with Gasteiger partial charge in [0.2, 0.25) is 11.8 Å². The number of fused-ring (bicyclic) bond motifs is 1. The maximum absolute atomic E-state index is 12.9. The maximum atomic E-state index is 12.9. The molecule has 1 fully saturated rings. The molecular weight excluding hydrogens is 380 g/mol. The highest BCUT2D eigenvalue weighted by Crippen LogP contribution is 2.28. The van der Waals surface area contributed by atoms with E-state index in [0.717, 1.165) is 38.2 Å². The number of amides is 1. The van der Waals surface area contributed by atoms with Crippen LogP contribution in [0.3, 0.4) is 0 Å². The molecule has 5 rings (SSSR count). The first kappa shape index (κ1) is 18.9. The Labute approximate surface area is 175 Å². The third kappa shape index (κ3) is 3.82. The SMILES string of the molecule is Cc1cnc(-c2nnc(C3CCN(C(=O)CN4CCc5ccccc5C4)C3)o2)cn1. The molecule has 30 heavy (non-hydrogen) atoms. The Morgan fingerprint density at radius 3 is 2.83 bits per heavy atom. The second kappa shape index (κ2) is 7.95. The summed E-state index contributed by atoms with van der Waals surface area (Å²) in [4.78, 5) is 25.5. The number of rotatable bonds is 4. The lowest BCUT2D eigenvalue weighted by Gasteiger charge is -2.29. The van der Waals surface area contributed by atoms with Crippen LogP contribution in [0.25, 0.3) is 11.6 Å². The number of carbonyl (C=O) groups is 1. The molecular formula is C22H24N6O2. The summed E-state index contributed by atoms with van der Waals surface area (Å²) < 4.78 is 5.84. The molecule has 0 spiro atoms. The van der Waals surface area contributed by atoms with Gasteiger partial charge < -0.3 is 9.32 Å². The minimum Gasteiger partial charge on any atom is -0.419 e. The van der Waals surface area contributed by atoms with Crippen LogP contribution < -0.4 is 0 Å². The van der Waals surface area contributed by atoms with E-state index < -0.39 is 0 Å². The zero-order valence-electron chi connectivity index (χ0n) is 17.0. The van der Waals surface area contributed by atoms with Gasteiger partial charge in [0.05, 0.1) is 24.4 Å². The van der Waals surface area contributed by atoms with Crippen molar-refractivity contribution < 1.29 is 9.21 Å². The third-order valence-corrected chi connectivity index (χ3v) is 5.90. The summed E-state index contributed by atoms with van der Waals surface area (Å²) in [5, 5.41) is 8.31. The van der Waals surface area contributed by atoms with Gasteiger partial charge in [0.15, 0.2) is 0 Å². The van der Waals surface area contributed by atoms with Gasteiger partial charge in [-0.25, -0.2) is 4.98 Å². The highest BCUT2D eigenvalue weighted by molar-refractivity contribution is 5.78. The van der Waals surface area contributed by atoms with Gasteiger partial charge in [0.1, 0.15) is 5.69 Å². The first-order valence-corrected chi connectivity index (χ1v) is 10.3. The predicted molar refractivity (Wildman–Crippen MR) is 109 cm³/mol. The number of aryl methyl sites for hydroxylation is 1. The average Bonchev–Trinajstić information content (AvgIpc) is 3.44. The van der Waals surface area contributed by atoms with E-state index in [1.807, 2.05) is 11.8 Å². The predicted octanol–water partition coefficient (Wildman–Crippen LogP) is 2.21. The molecule has 2 aliphatic rings.